The minimum Gasteiger partial charge on any atom is -0.437 e. The average molecular weight is 428 g/mol. The molecule has 0 saturated heterocycles. The predicted octanol–water partition coefficient (Wildman–Crippen LogP) is 5.36. The van der Waals surface area contributed by atoms with E-state index in [-0.39, 0.29) is 24.0 Å². The summed E-state index contributed by atoms with van der Waals surface area (Å²) in [4.78, 5) is 31.8. The third-order valence-corrected chi connectivity index (χ3v) is 4.82. The van der Waals surface area contributed by atoms with Crippen LogP contribution >= 0.6 is 0 Å². The van der Waals surface area contributed by atoms with Gasteiger partial charge in [-0.3, -0.25) is 4.79 Å². The molecule has 160 valence electrons. The Kier molecular flexibility index (Phi) is 6.36. The molecular formula is C25H20N2O5. The van der Waals surface area contributed by atoms with E-state index in [0.29, 0.717) is 17.7 Å². The van der Waals surface area contributed by atoms with Gasteiger partial charge >= 0.3 is 6.16 Å². The van der Waals surface area contributed by atoms with Crippen LogP contribution in [-0.4, -0.2) is 29.0 Å². The SMILES string of the molecule is COC(=O)Oc1cc(-c2cnc(C(=O)CCc3ccc(-c4ccccc4)cc3)o2)ccn1. The summed E-state index contributed by atoms with van der Waals surface area (Å²) in [5.41, 5.74) is 3.91. The van der Waals surface area contributed by atoms with E-state index >= 15 is 0 Å². The van der Waals surface area contributed by atoms with Crippen molar-refractivity contribution in [2.75, 3.05) is 7.11 Å². The second kappa shape index (κ2) is 9.70. The Balaban J connectivity index is 1.38. The van der Waals surface area contributed by atoms with Crippen LogP contribution in [0.25, 0.3) is 22.5 Å². The average Bonchev–Trinajstić information content (AvgIpc) is 3.34. The van der Waals surface area contributed by atoms with Gasteiger partial charge in [0.1, 0.15) is 0 Å². The fourth-order valence-electron chi connectivity index (χ4n) is 3.14. The number of aromatic nitrogens is 2. The first-order valence-corrected chi connectivity index (χ1v) is 9.98. The molecule has 4 rings (SSSR count). The minimum absolute atomic E-state index is 0.0353. The lowest BCUT2D eigenvalue weighted by atomic mass is 10.0. The van der Waals surface area contributed by atoms with E-state index in [1.165, 1.54) is 25.6 Å². The van der Waals surface area contributed by atoms with E-state index in [0.717, 1.165) is 16.7 Å². The molecule has 0 spiro atoms. The number of rotatable bonds is 7. The zero-order valence-electron chi connectivity index (χ0n) is 17.4. The fraction of sp³-hybridized carbons (Fsp3) is 0.120. The molecule has 0 atom stereocenters. The third-order valence-electron chi connectivity index (χ3n) is 4.82. The summed E-state index contributed by atoms with van der Waals surface area (Å²) in [5, 5.41) is 0. The van der Waals surface area contributed by atoms with Crippen molar-refractivity contribution in [3.63, 3.8) is 0 Å². The van der Waals surface area contributed by atoms with Crippen LogP contribution in [0.3, 0.4) is 0 Å². The Morgan fingerprint density at radius 2 is 1.66 bits per heavy atom. The topological polar surface area (TPSA) is 91.5 Å². The number of oxazole rings is 1. The zero-order valence-corrected chi connectivity index (χ0v) is 17.4. The number of hydrogen-bond donors (Lipinski definition) is 0. The number of aryl methyl sites for hydroxylation is 1. The second-order valence-electron chi connectivity index (χ2n) is 6.95. The molecule has 0 aliphatic heterocycles. The van der Waals surface area contributed by atoms with Crippen LogP contribution in [0.2, 0.25) is 0 Å². The normalized spacial score (nSPS) is 10.5. The van der Waals surface area contributed by atoms with Gasteiger partial charge in [-0.2, -0.15) is 0 Å². The van der Waals surface area contributed by atoms with Gasteiger partial charge in [0.15, 0.2) is 5.76 Å². The van der Waals surface area contributed by atoms with Gasteiger partial charge in [0, 0.05) is 24.2 Å². The Labute approximate surface area is 184 Å². The Morgan fingerprint density at radius 1 is 0.906 bits per heavy atom. The summed E-state index contributed by atoms with van der Waals surface area (Å²) in [7, 11) is 1.21. The number of ether oxygens (including phenoxy) is 2. The molecule has 0 saturated carbocycles. The molecule has 0 N–H and O–H groups in total. The minimum atomic E-state index is -0.875. The quantitative estimate of drug-likeness (QED) is 0.289. The van der Waals surface area contributed by atoms with Gasteiger partial charge in [0.2, 0.25) is 11.7 Å². The molecule has 2 aromatic heterocycles. The smallest absolute Gasteiger partial charge is 0.437 e. The number of benzene rings is 2. The number of ketones is 1. The maximum absolute atomic E-state index is 12.5. The molecule has 0 radical (unpaired) electrons. The first-order valence-electron chi connectivity index (χ1n) is 9.98. The predicted molar refractivity (Wildman–Crippen MR) is 117 cm³/mol. The largest absolute Gasteiger partial charge is 0.514 e. The molecule has 7 heteroatoms. The maximum Gasteiger partial charge on any atom is 0.514 e. The van der Waals surface area contributed by atoms with E-state index in [1.807, 2.05) is 30.3 Å². The highest BCUT2D eigenvalue weighted by atomic mass is 16.7. The van der Waals surface area contributed by atoms with Crippen LogP contribution in [0.4, 0.5) is 4.79 Å². The standard InChI is InChI=1S/C25H20N2O5/c1-30-25(29)32-23-15-20(13-14-26-23)22-16-27-24(31-22)21(28)12-9-17-7-10-19(11-8-17)18-5-3-2-4-6-18/h2-8,10-11,13-16H,9,12H2,1H3. The molecule has 0 fully saturated rings. The van der Waals surface area contributed by atoms with E-state index in [1.54, 1.807) is 6.07 Å². The van der Waals surface area contributed by atoms with Gasteiger partial charge in [-0.15, -0.1) is 0 Å². The summed E-state index contributed by atoms with van der Waals surface area (Å²) in [6.07, 6.45) is 2.89. The van der Waals surface area contributed by atoms with Crippen molar-refractivity contribution in [2.45, 2.75) is 12.8 Å². The van der Waals surface area contributed by atoms with Crippen LogP contribution < -0.4 is 4.74 Å². The highest BCUT2D eigenvalue weighted by molar-refractivity contribution is 5.92. The molecular weight excluding hydrogens is 408 g/mol. The van der Waals surface area contributed by atoms with Gasteiger partial charge in [-0.1, -0.05) is 54.6 Å². The highest BCUT2D eigenvalue weighted by Crippen LogP contribution is 2.24. The summed E-state index contributed by atoms with van der Waals surface area (Å²) in [5.74, 6) is 0.270. The molecule has 7 nitrogen and oxygen atoms in total. The van der Waals surface area contributed by atoms with Crippen molar-refractivity contribution in [3.8, 4) is 28.3 Å². The number of nitrogens with zero attached hydrogens (tertiary/aromatic N) is 2. The number of methoxy groups -OCH3 is 1. The van der Waals surface area contributed by atoms with Crippen molar-refractivity contribution in [1.82, 2.24) is 9.97 Å². The molecule has 0 bridgehead atoms. The molecule has 32 heavy (non-hydrogen) atoms. The monoisotopic (exact) mass is 428 g/mol. The van der Waals surface area contributed by atoms with Gasteiger partial charge in [0.25, 0.3) is 5.89 Å². The molecule has 4 aromatic rings. The van der Waals surface area contributed by atoms with Gasteiger partial charge in [-0.05, 0) is 29.2 Å². The molecule has 0 unspecified atom stereocenters. The van der Waals surface area contributed by atoms with Crippen LogP contribution in [-0.2, 0) is 11.2 Å². The van der Waals surface area contributed by atoms with Crippen molar-refractivity contribution in [1.29, 1.82) is 0 Å². The van der Waals surface area contributed by atoms with E-state index < -0.39 is 6.16 Å². The lowest BCUT2D eigenvalue weighted by Crippen LogP contribution is -2.08. The van der Waals surface area contributed by atoms with E-state index in [2.05, 4.69) is 39.0 Å². The maximum atomic E-state index is 12.5. The Bertz CT molecular complexity index is 1220. The van der Waals surface area contributed by atoms with Gasteiger partial charge in [0.05, 0.1) is 13.3 Å². The lowest BCUT2D eigenvalue weighted by molar-refractivity contribution is 0.0950. The van der Waals surface area contributed by atoms with E-state index in [9.17, 15) is 9.59 Å². The van der Waals surface area contributed by atoms with Gasteiger partial charge in [-0.25, -0.2) is 14.8 Å². The highest BCUT2D eigenvalue weighted by Gasteiger charge is 2.15. The first-order chi connectivity index (χ1) is 15.6. The third kappa shape index (κ3) is 5.07. The van der Waals surface area contributed by atoms with Crippen LogP contribution in [0.15, 0.2) is 83.5 Å². The number of carbonyl (C=O) groups excluding carboxylic acids is 2. The molecule has 0 amide bonds. The molecule has 2 aromatic carbocycles. The van der Waals surface area contributed by atoms with E-state index in [4.69, 9.17) is 9.15 Å². The van der Waals surface area contributed by atoms with Crippen molar-refractivity contribution >= 4 is 11.9 Å². The number of hydrogen-bond acceptors (Lipinski definition) is 7. The second-order valence-corrected chi connectivity index (χ2v) is 6.95. The molecule has 0 aliphatic carbocycles. The van der Waals surface area contributed by atoms with Crippen molar-refractivity contribution in [2.24, 2.45) is 0 Å². The summed E-state index contributed by atoms with van der Waals surface area (Å²) < 4.78 is 15.0. The van der Waals surface area contributed by atoms with Crippen molar-refractivity contribution < 1.29 is 23.5 Å². The Morgan fingerprint density at radius 3 is 2.41 bits per heavy atom. The zero-order chi connectivity index (χ0) is 22.3. The summed E-state index contributed by atoms with van der Waals surface area (Å²) in [6, 6.07) is 21.4. The number of carbonyl (C=O) groups is 2. The van der Waals surface area contributed by atoms with Crippen molar-refractivity contribution in [3.05, 3.63) is 90.6 Å². The van der Waals surface area contributed by atoms with Gasteiger partial charge < -0.3 is 13.9 Å². The van der Waals surface area contributed by atoms with Crippen LogP contribution in [0, 0.1) is 0 Å². The van der Waals surface area contributed by atoms with Crippen LogP contribution in [0.1, 0.15) is 22.7 Å². The molecule has 2 heterocycles. The molecule has 0 aliphatic rings. The summed E-state index contributed by atoms with van der Waals surface area (Å²) >= 11 is 0. The first kappa shape index (κ1) is 21.0. The lowest BCUT2D eigenvalue weighted by Gasteiger charge is -2.04. The Hall–Kier alpha value is -4.26. The number of Topliss-reactive ketones (excluding diaryl/α,β-unsaturated/α-hetero) is 1. The number of pyridine rings is 1. The fourth-order valence-corrected chi connectivity index (χ4v) is 3.14. The van der Waals surface area contributed by atoms with Crippen LogP contribution in [0.5, 0.6) is 5.88 Å². The summed E-state index contributed by atoms with van der Waals surface area (Å²) in [6.45, 7) is 0.